The summed E-state index contributed by atoms with van der Waals surface area (Å²) in [6.45, 7) is 0. The Balaban J connectivity index is 2.35. The van der Waals surface area contributed by atoms with Crippen molar-refractivity contribution in [2.45, 2.75) is 0 Å². The highest BCUT2D eigenvalue weighted by molar-refractivity contribution is 5.82. The Morgan fingerprint density at radius 3 is 2.00 bits per heavy atom. The van der Waals surface area contributed by atoms with Gasteiger partial charge >= 0.3 is 0 Å². The lowest BCUT2D eigenvalue weighted by atomic mass is 10.1. The van der Waals surface area contributed by atoms with Crippen LogP contribution in [0.5, 0.6) is 0 Å². The van der Waals surface area contributed by atoms with E-state index in [9.17, 15) is 9.59 Å². The Hall–Kier alpha value is -3.39. The van der Waals surface area contributed by atoms with Crippen molar-refractivity contribution >= 4 is 21.9 Å². The molecule has 0 saturated heterocycles. The van der Waals surface area contributed by atoms with Gasteiger partial charge in [-0.05, 0) is 12.1 Å². The van der Waals surface area contributed by atoms with Gasteiger partial charge in [-0.1, -0.05) is 24.3 Å². The quantitative estimate of drug-likeness (QED) is 0.496. The molecule has 0 saturated carbocycles. The molecule has 0 radical (unpaired) electrons. The largest absolute Gasteiger partial charge is 0.445 e. The third-order valence-corrected chi connectivity index (χ3v) is 3.53. The van der Waals surface area contributed by atoms with E-state index in [4.69, 9.17) is 14.1 Å². The van der Waals surface area contributed by atoms with Crippen molar-refractivity contribution in [1.82, 2.24) is 0 Å². The molecule has 104 valence electrons. The molecule has 0 N–H and O–H groups in total. The lowest BCUT2D eigenvalue weighted by Crippen LogP contribution is -2.14. The first kappa shape index (κ1) is 12.4. The van der Waals surface area contributed by atoms with Crippen molar-refractivity contribution in [1.29, 1.82) is 5.26 Å². The minimum Gasteiger partial charge on any atom is -0.445 e. The maximum atomic E-state index is 12.5. The number of nitriles is 1. The molecule has 2 aromatic rings. The molecular weight excluding hydrogens is 282 g/mol. The summed E-state index contributed by atoms with van der Waals surface area (Å²) in [4.78, 5) is 24.9. The molecule has 5 nitrogen and oxygen atoms in total. The Kier molecular flexibility index (Phi) is 2.42. The first-order valence-corrected chi connectivity index (χ1v) is 6.51. The zero-order valence-corrected chi connectivity index (χ0v) is 11.1. The van der Waals surface area contributed by atoms with Crippen LogP contribution in [0.4, 0.5) is 0 Å². The molecule has 1 aliphatic carbocycles. The van der Waals surface area contributed by atoms with Crippen molar-refractivity contribution in [3.8, 4) is 6.07 Å². The molecule has 4 rings (SSSR count). The second-order valence-corrected chi connectivity index (χ2v) is 4.84. The van der Waals surface area contributed by atoms with E-state index in [1.54, 1.807) is 30.3 Å². The van der Waals surface area contributed by atoms with Crippen LogP contribution < -0.4 is 10.9 Å². The molecule has 1 heterocycles. The van der Waals surface area contributed by atoms with E-state index in [-0.39, 0.29) is 27.2 Å². The van der Waals surface area contributed by atoms with E-state index in [2.05, 4.69) is 0 Å². The van der Waals surface area contributed by atoms with Crippen LogP contribution in [-0.2, 0) is 0 Å². The molecular formula is C17H7NO4. The lowest BCUT2D eigenvalue weighted by Gasteiger charge is -2.00. The van der Waals surface area contributed by atoms with Crippen molar-refractivity contribution < 1.29 is 8.83 Å². The highest BCUT2D eigenvalue weighted by Crippen LogP contribution is 2.17. The maximum Gasteiger partial charge on any atom is 0.233 e. The standard InChI is InChI=1S/C17H7NO4/c18-8-9-5-6-12-13(7-9)22-17-15(20)11-4-2-1-3-10(11)14(19)16(17)21-12/h1-7H. The maximum absolute atomic E-state index is 12.5. The van der Waals surface area contributed by atoms with Gasteiger partial charge in [0.05, 0.1) is 11.6 Å². The van der Waals surface area contributed by atoms with E-state index in [0.717, 1.165) is 0 Å². The highest BCUT2D eigenvalue weighted by Gasteiger charge is 2.12. The normalized spacial score (nSPS) is 11.0. The van der Waals surface area contributed by atoms with Gasteiger partial charge in [-0.15, -0.1) is 0 Å². The summed E-state index contributed by atoms with van der Waals surface area (Å²) in [6, 6.07) is 13.1. The average molecular weight is 289 g/mol. The third-order valence-electron chi connectivity index (χ3n) is 3.53. The smallest absolute Gasteiger partial charge is 0.233 e. The van der Waals surface area contributed by atoms with Gasteiger partial charge < -0.3 is 8.83 Å². The van der Waals surface area contributed by atoms with Crippen molar-refractivity contribution in [2.24, 2.45) is 0 Å². The van der Waals surface area contributed by atoms with Gasteiger partial charge in [0.15, 0.2) is 11.2 Å². The summed E-state index contributed by atoms with van der Waals surface area (Å²) in [5.41, 5.74) is -0.108. The minimum absolute atomic E-state index is 0.110. The molecule has 5 heteroatoms. The molecule has 2 aromatic carbocycles. The van der Waals surface area contributed by atoms with E-state index < -0.39 is 5.43 Å². The summed E-state index contributed by atoms with van der Waals surface area (Å²) < 4.78 is 11.1. The fourth-order valence-electron chi connectivity index (χ4n) is 2.48. The predicted molar refractivity (Wildman–Crippen MR) is 78.5 cm³/mol. The van der Waals surface area contributed by atoms with Crippen LogP contribution >= 0.6 is 0 Å². The van der Waals surface area contributed by atoms with Gasteiger partial charge in [0.2, 0.25) is 21.7 Å². The third kappa shape index (κ3) is 1.58. The fraction of sp³-hybridized carbons (Fsp3) is 0. The van der Waals surface area contributed by atoms with Crippen LogP contribution in [0, 0.1) is 22.2 Å². The molecule has 2 aliphatic rings. The van der Waals surface area contributed by atoms with E-state index in [0.29, 0.717) is 16.5 Å². The van der Waals surface area contributed by atoms with Crippen LogP contribution in [0.1, 0.15) is 5.56 Å². The Labute approximate surface area is 122 Å². The predicted octanol–water partition coefficient (Wildman–Crippen LogP) is 2.50. The van der Waals surface area contributed by atoms with E-state index in [1.165, 1.54) is 12.1 Å². The highest BCUT2D eigenvalue weighted by atomic mass is 16.4. The van der Waals surface area contributed by atoms with Crippen molar-refractivity contribution in [2.75, 3.05) is 0 Å². The van der Waals surface area contributed by atoms with Crippen LogP contribution in [0.3, 0.4) is 0 Å². The van der Waals surface area contributed by atoms with Gasteiger partial charge in [-0.25, -0.2) is 0 Å². The number of fused-ring (bicyclic) bond motifs is 2. The zero-order valence-electron chi connectivity index (χ0n) is 11.1. The molecule has 0 atom stereocenters. The van der Waals surface area contributed by atoms with Gasteiger partial charge in [-0.3, -0.25) is 9.59 Å². The summed E-state index contributed by atoms with van der Waals surface area (Å²) >= 11 is 0. The number of rotatable bonds is 0. The molecule has 0 amide bonds. The molecule has 0 bridgehead atoms. The Bertz CT molecular complexity index is 1270. The van der Waals surface area contributed by atoms with Gasteiger partial charge in [-0.2, -0.15) is 5.26 Å². The van der Waals surface area contributed by atoms with Crippen LogP contribution in [0.15, 0.2) is 60.9 Å². The van der Waals surface area contributed by atoms with Gasteiger partial charge in [0, 0.05) is 16.8 Å². The number of hydrogen-bond acceptors (Lipinski definition) is 5. The summed E-state index contributed by atoms with van der Waals surface area (Å²) in [5, 5.41) is 9.50. The monoisotopic (exact) mass is 289 g/mol. The summed E-state index contributed by atoms with van der Waals surface area (Å²) in [7, 11) is 0. The first-order chi connectivity index (χ1) is 10.7. The van der Waals surface area contributed by atoms with E-state index >= 15 is 0 Å². The molecule has 1 aliphatic heterocycles. The SMILES string of the molecule is N#Cc1ccc2oc3c(=O)c4ccccc4c(=O)c=3oc2c1. The number of benzene rings is 2. The minimum atomic E-state index is -0.404. The van der Waals surface area contributed by atoms with Crippen molar-refractivity contribution in [3.05, 3.63) is 79.3 Å². The second kappa shape index (κ2) is 4.30. The molecule has 22 heavy (non-hydrogen) atoms. The van der Waals surface area contributed by atoms with Gasteiger partial charge in [0.1, 0.15) is 0 Å². The zero-order chi connectivity index (χ0) is 15.3. The van der Waals surface area contributed by atoms with Gasteiger partial charge in [0.25, 0.3) is 0 Å². The molecule has 0 spiro atoms. The lowest BCUT2D eigenvalue weighted by molar-refractivity contribution is 0.467. The number of hydrogen-bond donors (Lipinski definition) is 0. The van der Waals surface area contributed by atoms with Crippen LogP contribution in [0.25, 0.3) is 21.9 Å². The van der Waals surface area contributed by atoms with Crippen LogP contribution in [-0.4, -0.2) is 0 Å². The molecule has 0 aromatic heterocycles. The molecule has 0 fully saturated rings. The van der Waals surface area contributed by atoms with Crippen molar-refractivity contribution in [3.63, 3.8) is 0 Å². The first-order valence-electron chi connectivity index (χ1n) is 6.51. The summed E-state index contributed by atoms with van der Waals surface area (Å²) in [6.07, 6.45) is 0. The Morgan fingerprint density at radius 2 is 1.41 bits per heavy atom. The van der Waals surface area contributed by atoms with E-state index in [1.807, 2.05) is 6.07 Å². The number of nitrogens with zero attached hydrogens (tertiary/aromatic N) is 1. The topological polar surface area (TPSA) is 84.2 Å². The average Bonchev–Trinajstić information content (AvgIpc) is 2.58. The Morgan fingerprint density at radius 1 is 0.818 bits per heavy atom. The van der Waals surface area contributed by atoms with Crippen LogP contribution in [0.2, 0.25) is 0 Å². The fourth-order valence-corrected chi connectivity index (χ4v) is 2.48. The second-order valence-electron chi connectivity index (χ2n) is 4.84. The summed E-state index contributed by atoms with van der Waals surface area (Å²) in [5.74, 6) is 0. The molecule has 0 unspecified atom stereocenters.